The summed E-state index contributed by atoms with van der Waals surface area (Å²) in [4.78, 5) is 38.3. The molecule has 172 valence electrons. The monoisotopic (exact) mass is 486 g/mol. The molecule has 3 amide bonds. The zero-order chi connectivity index (χ0) is 23.8. The number of hydrogen-bond acceptors (Lipinski definition) is 6. The van der Waals surface area contributed by atoms with Gasteiger partial charge in [0, 0.05) is 26.0 Å². The summed E-state index contributed by atoms with van der Waals surface area (Å²) in [6.45, 7) is 5.37. The van der Waals surface area contributed by atoms with Gasteiger partial charge >= 0.3 is 0 Å². The molecular weight excluding hydrogens is 464 g/mol. The van der Waals surface area contributed by atoms with Crippen molar-refractivity contribution in [1.82, 2.24) is 10.3 Å². The van der Waals surface area contributed by atoms with E-state index < -0.39 is 10.8 Å². The van der Waals surface area contributed by atoms with Gasteiger partial charge in [0.25, 0.3) is 5.91 Å². The Morgan fingerprint density at radius 2 is 1.94 bits per heavy atom. The number of ether oxygens (including phenoxy) is 1. The molecule has 0 aliphatic carbocycles. The minimum atomic E-state index is -1.39. The Labute approximate surface area is 200 Å². The van der Waals surface area contributed by atoms with Crippen molar-refractivity contribution in [1.29, 1.82) is 0 Å². The molecule has 2 aromatic rings. The summed E-state index contributed by atoms with van der Waals surface area (Å²) in [7, 11) is 0. The van der Waals surface area contributed by atoms with E-state index in [1.54, 1.807) is 17.0 Å². The number of carbonyl (C=O) groups is 3. The van der Waals surface area contributed by atoms with Gasteiger partial charge in [0.1, 0.15) is 5.75 Å². The lowest BCUT2D eigenvalue weighted by Gasteiger charge is -2.29. The molecule has 1 atom stereocenters. The highest BCUT2D eigenvalue weighted by Gasteiger charge is 2.61. The number of amidine groups is 1. The molecule has 1 spiro atoms. The van der Waals surface area contributed by atoms with Crippen molar-refractivity contribution in [3.63, 3.8) is 0 Å². The van der Waals surface area contributed by atoms with E-state index in [2.05, 4.69) is 10.4 Å². The molecular formula is C23H23ClN4O4S. The number of nitrogens with one attached hydrogen (secondary N) is 1. The van der Waals surface area contributed by atoms with Crippen molar-refractivity contribution in [3.05, 3.63) is 58.6 Å². The van der Waals surface area contributed by atoms with E-state index in [0.717, 1.165) is 23.0 Å². The molecule has 0 bridgehead atoms. The van der Waals surface area contributed by atoms with E-state index in [9.17, 15) is 14.4 Å². The Bertz CT molecular complexity index is 1170. The number of thioether (sulfide) groups is 1. The molecule has 0 saturated heterocycles. The number of carbonyl (C=O) groups excluding carboxylic acids is 3. The number of hydrogen-bond donors (Lipinski definition) is 1. The molecule has 8 nitrogen and oxygen atoms in total. The lowest BCUT2D eigenvalue weighted by molar-refractivity contribution is -0.139. The van der Waals surface area contributed by atoms with Crippen LogP contribution in [0, 0.1) is 6.92 Å². The summed E-state index contributed by atoms with van der Waals surface area (Å²) in [5, 5.41) is 8.78. The Kier molecular flexibility index (Phi) is 6.36. The van der Waals surface area contributed by atoms with Gasteiger partial charge in [-0.1, -0.05) is 41.9 Å². The van der Waals surface area contributed by atoms with Crippen LogP contribution in [0.2, 0.25) is 5.02 Å². The van der Waals surface area contributed by atoms with Gasteiger partial charge < -0.3 is 15.0 Å². The third-order valence-corrected chi connectivity index (χ3v) is 6.89. The van der Waals surface area contributed by atoms with Crippen LogP contribution in [0.3, 0.4) is 0 Å². The molecule has 2 aliphatic heterocycles. The minimum Gasteiger partial charge on any atom is -0.492 e. The lowest BCUT2D eigenvalue weighted by Crippen LogP contribution is -2.48. The predicted octanol–water partition coefficient (Wildman–Crippen LogP) is 3.62. The van der Waals surface area contributed by atoms with E-state index in [0.29, 0.717) is 35.9 Å². The zero-order valence-electron chi connectivity index (χ0n) is 18.4. The van der Waals surface area contributed by atoms with E-state index in [4.69, 9.17) is 16.3 Å². The third-order valence-electron chi connectivity index (χ3n) is 5.34. The van der Waals surface area contributed by atoms with Gasteiger partial charge in [-0.25, -0.2) is 0 Å². The number of benzene rings is 2. The fraction of sp³-hybridized carbons (Fsp3) is 0.304. The number of hydrazone groups is 1. The quantitative estimate of drug-likeness (QED) is 0.652. The Morgan fingerprint density at radius 3 is 2.64 bits per heavy atom. The maximum Gasteiger partial charge on any atom is 0.270 e. The number of fused-ring (bicyclic) bond motifs is 2. The van der Waals surface area contributed by atoms with Crippen molar-refractivity contribution < 1.29 is 19.1 Å². The molecule has 0 radical (unpaired) electrons. The van der Waals surface area contributed by atoms with E-state index >= 15 is 0 Å². The topological polar surface area (TPSA) is 91.3 Å². The highest BCUT2D eigenvalue weighted by molar-refractivity contribution is 8.15. The number of anilines is 1. The van der Waals surface area contributed by atoms with E-state index in [1.807, 2.05) is 37.3 Å². The van der Waals surface area contributed by atoms with Gasteiger partial charge in [0.2, 0.25) is 16.7 Å². The average molecular weight is 487 g/mol. The van der Waals surface area contributed by atoms with Crippen molar-refractivity contribution in [2.45, 2.75) is 32.1 Å². The molecule has 0 fully saturated rings. The van der Waals surface area contributed by atoms with Crippen molar-refractivity contribution >= 4 is 51.9 Å². The zero-order valence-corrected chi connectivity index (χ0v) is 20.0. The fourth-order valence-corrected chi connectivity index (χ4v) is 5.55. The summed E-state index contributed by atoms with van der Waals surface area (Å²) in [5.41, 5.74) is 2.32. The molecule has 10 heteroatoms. The highest BCUT2D eigenvalue weighted by Crippen LogP contribution is 2.55. The SMILES string of the molecule is CC(=O)NC1=NN(C(C)=O)[C@]2(S1)C(=O)N(CCCOc1ccccc1Cl)c1c(C)cccc12. The smallest absolute Gasteiger partial charge is 0.270 e. The first kappa shape index (κ1) is 23.1. The summed E-state index contributed by atoms with van der Waals surface area (Å²) < 4.78 is 5.78. The largest absolute Gasteiger partial charge is 0.492 e. The van der Waals surface area contributed by atoms with Crippen LogP contribution in [-0.2, 0) is 19.3 Å². The number of nitrogens with zero attached hydrogens (tertiary/aromatic N) is 3. The second-order valence-corrected chi connectivity index (χ2v) is 9.31. The summed E-state index contributed by atoms with van der Waals surface area (Å²) in [6, 6.07) is 12.8. The van der Waals surface area contributed by atoms with Gasteiger partial charge in [-0.05, 0) is 42.8 Å². The van der Waals surface area contributed by atoms with Crippen LogP contribution in [0.4, 0.5) is 5.69 Å². The Balaban J connectivity index is 1.61. The number of amides is 3. The average Bonchev–Trinajstić information content (AvgIpc) is 3.25. The van der Waals surface area contributed by atoms with Crippen LogP contribution in [-0.4, -0.2) is 41.0 Å². The lowest BCUT2D eigenvalue weighted by atomic mass is 10.0. The van der Waals surface area contributed by atoms with Crippen LogP contribution < -0.4 is 15.0 Å². The fourth-order valence-electron chi connectivity index (χ4n) is 4.03. The van der Waals surface area contributed by atoms with Crippen LogP contribution >= 0.6 is 23.4 Å². The summed E-state index contributed by atoms with van der Waals surface area (Å²) in [5.74, 6) is -0.422. The molecule has 1 N–H and O–H groups in total. The van der Waals surface area contributed by atoms with Gasteiger partial charge in [-0.2, -0.15) is 5.01 Å². The van der Waals surface area contributed by atoms with Crippen molar-refractivity contribution in [3.8, 4) is 5.75 Å². The maximum absolute atomic E-state index is 13.9. The summed E-state index contributed by atoms with van der Waals surface area (Å²) in [6.07, 6.45) is 0.547. The Morgan fingerprint density at radius 1 is 1.18 bits per heavy atom. The standard InChI is InChI=1S/C23H23ClN4O4S/c1-14-8-6-9-17-20(14)27(12-7-13-32-19-11-5-4-10-18(19)24)21(31)23(17)28(16(3)30)26-22(33-23)25-15(2)29/h4-6,8-11H,7,12-13H2,1-3H3,(H,25,26,29)/t23-/m1/s1. The van der Waals surface area contributed by atoms with Crippen LogP contribution in [0.25, 0.3) is 0 Å². The number of rotatable bonds is 5. The molecule has 0 saturated carbocycles. The highest BCUT2D eigenvalue weighted by atomic mass is 35.5. The first-order valence-corrected chi connectivity index (χ1v) is 11.6. The second kappa shape index (κ2) is 9.07. The summed E-state index contributed by atoms with van der Waals surface area (Å²) >= 11 is 7.22. The van der Waals surface area contributed by atoms with Gasteiger partial charge in [-0.3, -0.25) is 14.4 Å². The first-order valence-electron chi connectivity index (χ1n) is 10.4. The normalized spacial score (nSPS) is 19.0. The maximum atomic E-state index is 13.9. The number of aryl methyl sites for hydroxylation is 1. The minimum absolute atomic E-state index is 0.211. The van der Waals surface area contributed by atoms with Gasteiger partial charge in [0.15, 0.2) is 5.17 Å². The number of para-hydroxylation sites is 2. The van der Waals surface area contributed by atoms with Crippen LogP contribution in [0.5, 0.6) is 5.75 Å². The van der Waals surface area contributed by atoms with E-state index in [1.165, 1.54) is 18.9 Å². The van der Waals surface area contributed by atoms with Crippen molar-refractivity contribution in [2.75, 3.05) is 18.1 Å². The molecule has 4 rings (SSSR count). The first-order chi connectivity index (χ1) is 15.8. The molecule has 2 heterocycles. The van der Waals surface area contributed by atoms with Gasteiger partial charge in [0.05, 0.1) is 17.3 Å². The Hall–Kier alpha value is -3.04. The second-order valence-electron chi connectivity index (χ2n) is 7.72. The molecule has 2 aliphatic rings. The molecule has 33 heavy (non-hydrogen) atoms. The van der Waals surface area contributed by atoms with Crippen molar-refractivity contribution in [2.24, 2.45) is 5.10 Å². The number of halogens is 1. The predicted molar refractivity (Wildman–Crippen MR) is 128 cm³/mol. The van der Waals surface area contributed by atoms with Crippen LogP contribution in [0.15, 0.2) is 47.6 Å². The van der Waals surface area contributed by atoms with Crippen LogP contribution in [0.1, 0.15) is 31.4 Å². The molecule has 0 aromatic heterocycles. The molecule has 2 aromatic carbocycles. The third kappa shape index (κ3) is 4.06. The van der Waals surface area contributed by atoms with E-state index in [-0.39, 0.29) is 17.0 Å². The molecule has 0 unspecified atom stereocenters. The van der Waals surface area contributed by atoms with Gasteiger partial charge in [-0.15, -0.1) is 5.10 Å².